The molecule has 25 heavy (non-hydrogen) atoms. The number of carbonyl (C=O) groups is 1. The Bertz CT molecular complexity index is 1150. The van der Waals surface area contributed by atoms with E-state index in [4.69, 9.17) is 15.8 Å². The van der Waals surface area contributed by atoms with Crippen molar-refractivity contribution < 1.29 is 9.63 Å². The molecule has 0 aliphatic carbocycles. The van der Waals surface area contributed by atoms with Crippen molar-refractivity contribution in [3.8, 4) is 6.07 Å². The van der Waals surface area contributed by atoms with Gasteiger partial charge in [-0.3, -0.25) is 0 Å². The van der Waals surface area contributed by atoms with Crippen molar-refractivity contribution in [3.63, 3.8) is 0 Å². The van der Waals surface area contributed by atoms with Crippen LogP contribution in [0.3, 0.4) is 0 Å². The van der Waals surface area contributed by atoms with Crippen molar-refractivity contribution in [1.29, 1.82) is 5.26 Å². The van der Waals surface area contributed by atoms with E-state index in [0.29, 0.717) is 16.6 Å². The summed E-state index contributed by atoms with van der Waals surface area (Å²) < 4.78 is 1.35. The molecule has 2 N–H and O–H groups in total. The Balaban J connectivity index is 1.72. The molecule has 10 heteroatoms. The van der Waals surface area contributed by atoms with Crippen LogP contribution in [0, 0.1) is 11.3 Å². The van der Waals surface area contributed by atoms with Gasteiger partial charge in [-0.1, -0.05) is 17.0 Å². The molecule has 1 aromatic carbocycles. The molecule has 0 unspecified atom stereocenters. The largest absolute Gasteiger partial charge is 0.381 e. The average molecular weight is 334 g/mol. The maximum atomic E-state index is 12.5. The molecule has 3 heterocycles. The Morgan fingerprint density at radius 3 is 3.04 bits per heavy atom. The van der Waals surface area contributed by atoms with Gasteiger partial charge in [0.1, 0.15) is 11.0 Å². The van der Waals surface area contributed by atoms with Crippen molar-refractivity contribution in [1.82, 2.24) is 29.8 Å². The molecule has 0 spiro atoms. The summed E-state index contributed by atoms with van der Waals surface area (Å²) in [7, 11) is 0. The topological polar surface area (TPSA) is 137 Å². The molecular formula is C15H10N8O2. The van der Waals surface area contributed by atoms with Crippen LogP contribution in [0.5, 0.6) is 0 Å². The normalized spacial score (nSPS) is 10.8. The highest BCUT2D eigenvalue weighted by molar-refractivity contribution is 6.01. The lowest BCUT2D eigenvalue weighted by atomic mass is 10.2. The van der Waals surface area contributed by atoms with E-state index in [-0.39, 0.29) is 23.4 Å². The minimum absolute atomic E-state index is 0.0167. The summed E-state index contributed by atoms with van der Waals surface area (Å²) in [5.74, 6) is -0.792. The summed E-state index contributed by atoms with van der Waals surface area (Å²) in [5, 5.41) is 20.5. The van der Waals surface area contributed by atoms with Gasteiger partial charge in [0.2, 0.25) is 0 Å². The number of nitriles is 1. The molecule has 0 bridgehead atoms. The van der Waals surface area contributed by atoms with Crippen LogP contribution in [0.4, 0.5) is 5.82 Å². The van der Waals surface area contributed by atoms with Crippen LogP contribution < -0.4 is 10.6 Å². The summed E-state index contributed by atoms with van der Waals surface area (Å²) in [4.78, 5) is 23.0. The van der Waals surface area contributed by atoms with Crippen LogP contribution in [0.25, 0.3) is 16.7 Å². The first kappa shape index (κ1) is 14.6. The zero-order valence-electron chi connectivity index (χ0n) is 12.7. The van der Waals surface area contributed by atoms with Crippen molar-refractivity contribution in [2.45, 2.75) is 6.42 Å². The van der Waals surface area contributed by atoms with Gasteiger partial charge in [0.15, 0.2) is 17.0 Å². The summed E-state index contributed by atoms with van der Waals surface area (Å²) in [6.45, 7) is 0. The van der Waals surface area contributed by atoms with E-state index >= 15 is 0 Å². The maximum Gasteiger partial charge on any atom is 0.373 e. The Morgan fingerprint density at radius 2 is 2.20 bits per heavy atom. The SMILES string of the molecule is N#CCc1cnc2c(C(=O)On3nnc4ccccc43)c(N)nn2c1. The number of fused-ring (bicyclic) bond motifs is 2. The van der Waals surface area contributed by atoms with Crippen LogP contribution in [0.1, 0.15) is 15.9 Å². The van der Waals surface area contributed by atoms with E-state index < -0.39 is 5.97 Å². The lowest BCUT2D eigenvalue weighted by Crippen LogP contribution is -2.22. The van der Waals surface area contributed by atoms with E-state index in [2.05, 4.69) is 20.4 Å². The Morgan fingerprint density at radius 1 is 1.36 bits per heavy atom. The molecule has 0 saturated heterocycles. The summed E-state index contributed by atoms with van der Waals surface area (Å²) >= 11 is 0. The third-order valence-corrected chi connectivity index (χ3v) is 3.53. The molecule has 0 saturated carbocycles. The number of benzene rings is 1. The van der Waals surface area contributed by atoms with Crippen molar-refractivity contribution in [2.75, 3.05) is 5.73 Å². The van der Waals surface area contributed by atoms with Crippen LogP contribution in [0.15, 0.2) is 36.7 Å². The number of nitrogens with two attached hydrogens (primary N) is 1. The van der Waals surface area contributed by atoms with Gasteiger partial charge in [0.05, 0.1) is 12.5 Å². The van der Waals surface area contributed by atoms with Crippen LogP contribution >= 0.6 is 0 Å². The Hall–Kier alpha value is -4.00. The van der Waals surface area contributed by atoms with Gasteiger partial charge < -0.3 is 10.6 Å². The van der Waals surface area contributed by atoms with Crippen molar-refractivity contribution in [3.05, 3.63) is 47.8 Å². The van der Waals surface area contributed by atoms with Gasteiger partial charge in [0, 0.05) is 18.0 Å². The average Bonchev–Trinajstić information content (AvgIpc) is 3.15. The minimum atomic E-state index is -0.760. The van der Waals surface area contributed by atoms with E-state index in [0.717, 1.165) is 4.85 Å². The molecule has 0 fully saturated rings. The standard InChI is InChI=1S/C15H10N8O2/c16-6-5-9-7-18-14-12(13(17)20-22(14)8-9)15(24)25-23-11-4-2-1-3-10(11)19-21-23/h1-4,7-8H,5H2,(H2,17,20). The van der Waals surface area contributed by atoms with E-state index in [1.54, 1.807) is 30.5 Å². The first-order chi connectivity index (χ1) is 12.2. The van der Waals surface area contributed by atoms with Gasteiger partial charge in [-0.05, 0) is 17.3 Å². The Kier molecular flexibility index (Phi) is 3.25. The Labute approximate surface area is 140 Å². The quantitative estimate of drug-likeness (QED) is 0.531. The lowest BCUT2D eigenvalue weighted by Gasteiger charge is -2.02. The van der Waals surface area contributed by atoms with E-state index in [9.17, 15) is 4.79 Å². The molecule has 0 aliphatic heterocycles. The first-order valence-electron chi connectivity index (χ1n) is 7.20. The molecule has 4 rings (SSSR count). The molecule has 0 atom stereocenters. The van der Waals surface area contributed by atoms with Crippen molar-refractivity contribution in [2.24, 2.45) is 0 Å². The molecule has 10 nitrogen and oxygen atoms in total. The molecule has 3 aromatic heterocycles. The van der Waals surface area contributed by atoms with Crippen molar-refractivity contribution >= 4 is 28.5 Å². The number of hydrogen-bond donors (Lipinski definition) is 1. The highest BCUT2D eigenvalue weighted by Crippen LogP contribution is 2.17. The predicted molar refractivity (Wildman–Crippen MR) is 85.2 cm³/mol. The number of nitrogens with zero attached hydrogens (tertiary/aromatic N) is 7. The van der Waals surface area contributed by atoms with Gasteiger partial charge in [-0.2, -0.15) is 5.26 Å². The second-order valence-electron chi connectivity index (χ2n) is 5.16. The lowest BCUT2D eigenvalue weighted by molar-refractivity contribution is 0.0412. The van der Waals surface area contributed by atoms with Crippen LogP contribution in [-0.4, -0.2) is 35.7 Å². The van der Waals surface area contributed by atoms with Crippen LogP contribution in [0.2, 0.25) is 0 Å². The number of para-hydroxylation sites is 1. The van der Waals surface area contributed by atoms with Gasteiger partial charge in [-0.25, -0.2) is 14.3 Å². The number of carbonyl (C=O) groups excluding carboxylic acids is 1. The summed E-state index contributed by atoms with van der Waals surface area (Å²) in [6.07, 6.45) is 3.25. The third-order valence-electron chi connectivity index (χ3n) is 3.53. The summed E-state index contributed by atoms with van der Waals surface area (Å²) in [5.41, 5.74) is 7.86. The smallest absolute Gasteiger partial charge is 0.373 e. The molecular weight excluding hydrogens is 324 g/mol. The fraction of sp³-hybridized carbons (Fsp3) is 0.0667. The molecule has 4 aromatic rings. The zero-order valence-corrected chi connectivity index (χ0v) is 12.7. The molecule has 0 amide bonds. The zero-order chi connectivity index (χ0) is 17.4. The first-order valence-corrected chi connectivity index (χ1v) is 7.20. The number of nitrogen functional groups attached to an aromatic ring is 1. The minimum Gasteiger partial charge on any atom is -0.381 e. The fourth-order valence-electron chi connectivity index (χ4n) is 2.41. The van der Waals surface area contributed by atoms with Crippen LogP contribution in [-0.2, 0) is 6.42 Å². The molecule has 0 radical (unpaired) electrons. The number of aromatic nitrogens is 6. The number of anilines is 1. The second-order valence-corrected chi connectivity index (χ2v) is 5.16. The maximum absolute atomic E-state index is 12.5. The highest BCUT2D eigenvalue weighted by atomic mass is 16.7. The second kappa shape index (κ2) is 5.57. The van der Waals surface area contributed by atoms with E-state index in [1.807, 2.05) is 6.07 Å². The molecule has 122 valence electrons. The highest BCUT2D eigenvalue weighted by Gasteiger charge is 2.23. The monoisotopic (exact) mass is 334 g/mol. The molecule has 0 aliphatic rings. The van der Waals surface area contributed by atoms with E-state index in [1.165, 1.54) is 10.7 Å². The third kappa shape index (κ3) is 2.40. The fourth-order valence-corrected chi connectivity index (χ4v) is 2.41. The summed E-state index contributed by atoms with van der Waals surface area (Å²) in [6, 6.07) is 9.06. The number of hydrogen-bond acceptors (Lipinski definition) is 8. The number of rotatable bonds is 3. The van der Waals surface area contributed by atoms with Gasteiger partial charge in [0.25, 0.3) is 0 Å². The van der Waals surface area contributed by atoms with Gasteiger partial charge in [-0.15, -0.1) is 10.2 Å². The predicted octanol–water partition coefficient (Wildman–Crippen LogP) is 0.391. The van der Waals surface area contributed by atoms with Gasteiger partial charge >= 0.3 is 5.97 Å².